The maximum atomic E-state index is 4.59. The van der Waals surface area contributed by atoms with Crippen molar-refractivity contribution in [3.05, 3.63) is 24.3 Å². The summed E-state index contributed by atoms with van der Waals surface area (Å²) in [4.78, 5) is 7.96. The van der Waals surface area contributed by atoms with Crippen LogP contribution in [-0.4, -0.2) is 28.8 Å². The molecular weight excluding hydrogens is 242 g/mol. The van der Waals surface area contributed by atoms with Crippen molar-refractivity contribution in [3.63, 3.8) is 0 Å². The standard InChI is InChI=1S/C14H19N3S/c1-2-6-13-12(5-1)16-14(17-13)18-9-7-11-4-3-8-15-10-11/h1-2,5-6,11,15H,3-4,7-10H2,(H,16,17). The summed E-state index contributed by atoms with van der Waals surface area (Å²) < 4.78 is 0. The quantitative estimate of drug-likeness (QED) is 0.831. The molecule has 2 aromatic rings. The van der Waals surface area contributed by atoms with E-state index < -0.39 is 0 Å². The highest BCUT2D eigenvalue weighted by Gasteiger charge is 2.12. The first-order chi connectivity index (χ1) is 8.92. The number of aromatic nitrogens is 2. The lowest BCUT2D eigenvalue weighted by molar-refractivity contribution is 0.371. The first-order valence-corrected chi connectivity index (χ1v) is 7.68. The Hall–Kier alpha value is -1.00. The number of benzene rings is 1. The van der Waals surface area contributed by atoms with Crippen LogP contribution in [0.25, 0.3) is 11.0 Å². The van der Waals surface area contributed by atoms with Crippen LogP contribution < -0.4 is 5.32 Å². The fourth-order valence-electron chi connectivity index (χ4n) is 2.49. The highest BCUT2D eigenvalue weighted by atomic mass is 32.2. The van der Waals surface area contributed by atoms with Crippen molar-refractivity contribution in [2.45, 2.75) is 24.4 Å². The summed E-state index contributed by atoms with van der Waals surface area (Å²) in [7, 11) is 0. The second-order valence-corrected chi connectivity index (χ2v) is 5.99. The van der Waals surface area contributed by atoms with E-state index in [0.29, 0.717) is 0 Å². The van der Waals surface area contributed by atoms with Crippen molar-refractivity contribution in [1.82, 2.24) is 15.3 Å². The Balaban J connectivity index is 1.53. The molecule has 3 nitrogen and oxygen atoms in total. The smallest absolute Gasteiger partial charge is 0.166 e. The summed E-state index contributed by atoms with van der Waals surface area (Å²) in [6.45, 7) is 2.40. The average molecular weight is 261 g/mol. The number of hydrogen-bond donors (Lipinski definition) is 2. The largest absolute Gasteiger partial charge is 0.333 e. The molecule has 3 rings (SSSR count). The fraction of sp³-hybridized carbons (Fsp3) is 0.500. The molecule has 1 unspecified atom stereocenters. The highest BCUT2D eigenvalue weighted by molar-refractivity contribution is 7.99. The molecule has 18 heavy (non-hydrogen) atoms. The van der Waals surface area contributed by atoms with Crippen LogP contribution >= 0.6 is 11.8 Å². The van der Waals surface area contributed by atoms with Crippen LogP contribution in [0.15, 0.2) is 29.4 Å². The third kappa shape index (κ3) is 2.87. The first kappa shape index (κ1) is 12.1. The molecule has 1 fully saturated rings. The van der Waals surface area contributed by atoms with Crippen LogP contribution in [0.1, 0.15) is 19.3 Å². The first-order valence-electron chi connectivity index (χ1n) is 6.70. The number of aromatic amines is 1. The number of piperidine rings is 1. The summed E-state index contributed by atoms with van der Waals surface area (Å²) in [5.74, 6) is 2.02. The molecule has 1 atom stereocenters. The van der Waals surface area contributed by atoms with Gasteiger partial charge in [-0.3, -0.25) is 0 Å². The Kier molecular flexibility index (Phi) is 3.86. The zero-order valence-corrected chi connectivity index (χ0v) is 11.3. The summed E-state index contributed by atoms with van der Waals surface area (Å²) >= 11 is 1.85. The molecule has 96 valence electrons. The van der Waals surface area contributed by atoms with Crippen LogP contribution in [-0.2, 0) is 0 Å². The molecule has 0 aliphatic carbocycles. The van der Waals surface area contributed by atoms with Gasteiger partial charge in [0.15, 0.2) is 5.16 Å². The van der Waals surface area contributed by atoms with E-state index in [4.69, 9.17) is 0 Å². The predicted molar refractivity (Wildman–Crippen MR) is 77.0 cm³/mol. The lowest BCUT2D eigenvalue weighted by Crippen LogP contribution is -2.29. The second-order valence-electron chi connectivity index (χ2n) is 4.91. The molecule has 0 radical (unpaired) electrons. The molecule has 0 bridgehead atoms. The lowest BCUT2D eigenvalue weighted by Gasteiger charge is -2.22. The lowest BCUT2D eigenvalue weighted by atomic mass is 9.97. The van der Waals surface area contributed by atoms with E-state index in [2.05, 4.69) is 27.4 Å². The van der Waals surface area contributed by atoms with Gasteiger partial charge in [0.1, 0.15) is 0 Å². The summed E-state index contributed by atoms with van der Waals surface area (Å²) in [6.07, 6.45) is 4.00. The van der Waals surface area contributed by atoms with Gasteiger partial charge in [-0.15, -0.1) is 0 Å². The van der Waals surface area contributed by atoms with E-state index in [1.54, 1.807) is 0 Å². The number of H-pyrrole nitrogens is 1. The topological polar surface area (TPSA) is 40.7 Å². The van der Waals surface area contributed by atoms with Crippen molar-refractivity contribution in [2.75, 3.05) is 18.8 Å². The van der Waals surface area contributed by atoms with Gasteiger partial charge in [-0.25, -0.2) is 4.98 Å². The van der Waals surface area contributed by atoms with E-state index in [1.165, 1.54) is 32.4 Å². The maximum absolute atomic E-state index is 4.59. The molecule has 0 spiro atoms. The molecule has 0 amide bonds. The monoisotopic (exact) mass is 261 g/mol. The molecule has 2 N–H and O–H groups in total. The summed E-state index contributed by atoms with van der Waals surface area (Å²) in [5, 5.41) is 4.53. The average Bonchev–Trinajstić information content (AvgIpc) is 2.82. The Morgan fingerprint density at radius 2 is 2.28 bits per heavy atom. The van der Waals surface area contributed by atoms with Gasteiger partial charge in [-0.2, -0.15) is 0 Å². The third-order valence-corrected chi connectivity index (χ3v) is 4.44. The number of hydrogen-bond acceptors (Lipinski definition) is 3. The molecule has 1 aliphatic rings. The van der Waals surface area contributed by atoms with Crippen LogP contribution in [0.4, 0.5) is 0 Å². The van der Waals surface area contributed by atoms with Crippen molar-refractivity contribution in [2.24, 2.45) is 5.92 Å². The van der Waals surface area contributed by atoms with Crippen LogP contribution in [0, 0.1) is 5.92 Å². The molecule has 2 heterocycles. The van der Waals surface area contributed by atoms with Gasteiger partial charge < -0.3 is 10.3 Å². The number of nitrogens with zero attached hydrogens (tertiary/aromatic N) is 1. The van der Waals surface area contributed by atoms with Gasteiger partial charge in [0.25, 0.3) is 0 Å². The number of imidazole rings is 1. The van der Waals surface area contributed by atoms with Gasteiger partial charge >= 0.3 is 0 Å². The van der Waals surface area contributed by atoms with Crippen molar-refractivity contribution in [1.29, 1.82) is 0 Å². The molecule has 1 aromatic carbocycles. The summed E-state index contributed by atoms with van der Waals surface area (Å²) in [6, 6.07) is 8.21. The van der Waals surface area contributed by atoms with Gasteiger partial charge in [0, 0.05) is 5.75 Å². The zero-order chi connectivity index (χ0) is 12.2. The minimum Gasteiger partial charge on any atom is -0.333 e. The van der Waals surface area contributed by atoms with E-state index in [-0.39, 0.29) is 0 Å². The van der Waals surface area contributed by atoms with E-state index >= 15 is 0 Å². The molecular formula is C14H19N3S. The number of nitrogens with one attached hydrogen (secondary N) is 2. The van der Waals surface area contributed by atoms with E-state index in [0.717, 1.165) is 27.9 Å². The van der Waals surface area contributed by atoms with E-state index in [1.807, 2.05) is 23.9 Å². The normalized spacial score (nSPS) is 20.3. The molecule has 0 saturated carbocycles. The summed E-state index contributed by atoms with van der Waals surface area (Å²) in [5.41, 5.74) is 2.21. The van der Waals surface area contributed by atoms with Gasteiger partial charge in [-0.05, 0) is 50.4 Å². The second kappa shape index (κ2) is 5.76. The Labute approximate surface area is 112 Å². The van der Waals surface area contributed by atoms with Crippen molar-refractivity contribution in [3.8, 4) is 0 Å². The predicted octanol–water partition coefficient (Wildman–Crippen LogP) is 3.04. The van der Waals surface area contributed by atoms with Gasteiger partial charge in [-0.1, -0.05) is 23.9 Å². The number of fused-ring (bicyclic) bond motifs is 1. The van der Waals surface area contributed by atoms with Crippen molar-refractivity contribution >= 4 is 22.8 Å². The molecule has 4 heteroatoms. The van der Waals surface area contributed by atoms with Gasteiger partial charge in [0.2, 0.25) is 0 Å². The Bertz CT molecular complexity index is 469. The minimum atomic E-state index is 0.857. The highest BCUT2D eigenvalue weighted by Crippen LogP contribution is 2.23. The zero-order valence-electron chi connectivity index (χ0n) is 10.5. The molecule has 1 aromatic heterocycles. The minimum absolute atomic E-state index is 0.857. The van der Waals surface area contributed by atoms with Gasteiger partial charge in [0.05, 0.1) is 11.0 Å². The van der Waals surface area contributed by atoms with Crippen LogP contribution in [0.2, 0.25) is 0 Å². The number of para-hydroxylation sites is 2. The SMILES string of the molecule is c1ccc2[nH]c(SCCC3CCCNC3)nc2c1. The Morgan fingerprint density at radius 1 is 1.33 bits per heavy atom. The van der Waals surface area contributed by atoms with Crippen LogP contribution in [0.5, 0.6) is 0 Å². The fourth-order valence-corrected chi connectivity index (χ4v) is 3.48. The number of thioether (sulfide) groups is 1. The maximum Gasteiger partial charge on any atom is 0.166 e. The van der Waals surface area contributed by atoms with Crippen LogP contribution in [0.3, 0.4) is 0 Å². The molecule has 1 saturated heterocycles. The van der Waals surface area contributed by atoms with Crippen molar-refractivity contribution < 1.29 is 0 Å². The third-order valence-electron chi connectivity index (χ3n) is 3.53. The number of rotatable bonds is 4. The Morgan fingerprint density at radius 3 is 3.11 bits per heavy atom. The van der Waals surface area contributed by atoms with E-state index in [9.17, 15) is 0 Å². The molecule has 1 aliphatic heterocycles.